The second-order valence-corrected chi connectivity index (χ2v) is 6.44. The molecule has 0 aromatic rings. The van der Waals surface area contributed by atoms with Gasteiger partial charge < -0.3 is 5.73 Å². The summed E-state index contributed by atoms with van der Waals surface area (Å²) in [5.41, 5.74) is 6.36. The second-order valence-electron chi connectivity index (χ2n) is 6.44. The summed E-state index contributed by atoms with van der Waals surface area (Å²) >= 11 is 0. The molecule has 2 aliphatic rings. The fourth-order valence-corrected chi connectivity index (χ4v) is 3.53. The van der Waals surface area contributed by atoms with E-state index in [0.29, 0.717) is 5.41 Å². The molecular formula is C13H26N2. The van der Waals surface area contributed by atoms with E-state index in [9.17, 15) is 0 Å². The van der Waals surface area contributed by atoms with E-state index in [2.05, 4.69) is 25.7 Å². The van der Waals surface area contributed by atoms with Crippen molar-refractivity contribution in [2.24, 2.45) is 17.1 Å². The molecule has 1 saturated carbocycles. The molecular weight excluding hydrogens is 184 g/mol. The van der Waals surface area contributed by atoms with Crippen LogP contribution in [0.4, 0.5) is 0 Å². The fraction of sp³-hybridized carbons (Fsp3) is 1.00. The fourth-order valence-electron chi connectivity index (χ4n) is 3.53. The van der Waals surface area contributed by atoms with Gasteiger partial charge in [-0.1, -0.05) is 13.8 Å². The van der Waals surface area contributed by atoms with Crippen LogP contribution in [0, 0.1) is 11.3 Å². The van der Waals surface area contributed by atoms with E-state index in [1.807, 2.05) is 0 Å². The highest BCUT2D eigenvalue weighted by Gasteiger charge is 2.39. The topological polar surface area (TPSA) is 29.3 Å². The van der Waals surface area contributed by atoms with Crippen LogP contribution in [0.2, 0.25) is 0 Å². The van der Waals surface area contributed by atoms with Gasteiger partial charge in [0.25, 0.3) is 0 Å². The lowest BCUT2D eigenvalue weighted by Gasteiger charge is -2.29. The normalized spacial score (nSPS) is 41.2. The molecule has 0 radical (unpaired) electrons. The maximum absolute atomic E-state index is 5.78. The van der Waals surface area contributed by atoms with Crippen molar-refractivity contribution in [1.82, 2.24) is 4.90 Å². The number of hydrogen-bond acceptors (Lipinski definition) is 2. The molecule has 3 atom stereocenters. The SMILES string of the molecule is CC1CC(CN)CN1C1CCC(C)(C)C1. The van der Waals surface area contributed by atoms with Gasteiger partial charge in [-0.25, -0.2) is 0 Å². The number of nitrogens with zero attached hydrogens (tertiary/aromatic N) is 1. The van der Waals surface area contributed by atoms with Crippen LogP contribution in [0.25, 0.3) is 0 Å². The lowest BCUT2D eigenvalue weighted by Crippen LogP contribution is -2.37. The zero-order valence-electron chi connectivity index (χ0n) is 10.5. The lowest BCUT2D eigenvalue weighted by molar-refractivity contribution is 0.177. The first kappa shape index (κ1) is 11.4. The van der Waals surface area contributed by atoms with E-state index < -0.39 is 0 Å². The molecule has 1 aliphatic heterocycles. The van der Waals surface area contributed by atoms with Crippen molar-refractivity contribution in [3.8, 4) is 0 Å². The van der Waals surface area contributed by atoms with Crippen LogP contribution in [0.1, 0.15) is 46.5 Å². The second kappa shape index (κ2) is 4.06. The number of hydrogen-bond donors (Lipinski definition) is 1. The van der Waals surface area contributed by atoms with Crippen molar-refractivity contribution in [2.75, 3.05) is 13.1 Å². The van der Waals surface area contributed by atoms with Crippen LogP contribution in [-0.2, 0) is 0 Å². The van der Waals surface area contributed by atoms with Crippen LogP contribution in [0.15, 0.2) is 0 Å². The molecule has 2 rings (SSSR count). The Morgan fingerprint density at radius 3 is 2.60 bits per heavy atom. The van der Waals surface area contributed by atoms with Crippen molar-refractivity contribution >= 4 is 0 Å². The molecule has 0 aromatic carbocycles. The Bertz CT molecular complexity index is 225. The predicted octanol–water partition coefficient (Wildman–Crippen LogP) is 2.23. The van der Waals surface area contributed by atoms with Crippen molar-refractivity contribution in [3.05, 3.63) is 0 Å². The van der Waals surface area contributed by atoms with Gasteiger partial charge in [-0.2, -0.15) is 0 Å². The number of nitrogens with two attached hydrogens (primary N) is 1. The Hall–Kier alpha value is -0.0800. The van der Waals surface area contributed by atoms with E-state index in [4.69, 9.17) is 5.73 Å². The summed E-state index contributed by atoms with van der Waals surface area (Å²) in [6.07, 6.45) is 5.49. The van der Waals surface area contributed by atoms with Crippen molar-refractivity contribution in [1.29, 1.82) is 0 Å². The third kappa shape index (κ3) is 2.36. The maximum atomic E-state index is 5.78. The first-order valence-corrected chi connectivity index (χ1v) is 6.47. The first-order valence-electron chi connectivity index (χ1n) is 6.47. The Morgan fingerprint density at radius 2 is 2.13 bits per heavy atom. The molecule has 2 N–H and O–H groups in total. The molecule has 3 unspecified atom stereocenters. The van der Waals surface area contributed by atoms with Gasteiger partial charge in [0.05, 0.1) is 0 Å². The Labute approximate surface area is 94.2 Å². The molecule has 88 valence electrons. The molecule has 0 spiro atoms. The van der Waals surface area contributed by atoms with E-state index >= 15 is 0 Å². The van der Waals surface area contributed by atoms with Crippen LogP contribution in [-0.4, -0.2) is 30.1 Å². The van der Waals surface area contributed by atoms with Gasteiger partial charge in [-0.05, 0) is 50.5 Å². The molecule has 0 bridgehead atoms. The Balaban J connectivity index is 1.95. The molecule has 1 aliphatic carbocycles. The average molecular weight is 210 g/mol. The zero-order chi connectivity index (χ0) is 11.1. The quantitative estimate of drug-likeness (QED) is 0.757. The minimum atomic E-state index is 0.575. The largest absolute Gasteiger partial charge is 0.330 e. The van der Waals surface area contributed by atoms with E-state index in [1.165, 1.54) is 32.2 Å². The van der Waals surface area contributed by atoms with Gasteiger partial charge >= 0.3 is 0 Å². The first-order chi connectivity index (χ1) is 7.02. The molecule has 0 aromatic heterocycles. The highest BCUT2D eigenvalue weighted by atomic mass is 15.2. The van der Waals surface area contributed by atoms with Crippen LogP contribution in [0.3, 0.4) is 0 Å². The van der Waals surface area contributed by atoms with Gasteiger partial charge in [-0.3, -0.25) is 4.90 Å². The molecule has 2 fully saturated rings. The van der Waals surface area contributed by atoms with E-state index in [-0.39, 0.29) is 0 Å². The molecule has 2 nitrogen and oxygen atoms in total. The van der Waals surface area contributed by atoms with Crippen molar-refractivity contribution < 1.29 is 0 Å². The minimum Gasteiger partial charge on any atom is -0.330 e. The standard InChI is InChI=1S/C13H26N2/c1-10-6-11(8-14)9-15(10)12-4-5-13(2,3)7-12/h10-12H,4-9,14H2,1-3H3. The predicted molar refractivity (Wildman–Crippen MR) is 64.7 cm³/mol. The van der Waals surface area contributed by atoms with Crippen molar-refractivity contribution in [3.63, 3.8) is 0 Å². The smallest absolute Gasteiger partial charge is 0.0103 e. The Morgan fingerprint density at radius 1 is 1.40 bits per heavy atom. The molecule has 2 heteroatoms. The summed E-state index contributed by atoms with van der Waals surface area (Å²) in [5, 5.41) is 0. The third-order valence-electron chi connectivity index (χ3n) is 4.45. The van der Waals surface area contributed by atoms with Crippen LogP contribution in [0.5, 0.6) is 0 Å². The Kier molecular flexibility index (Phi) is 3.09. The van der Waals surface area contributed by atoms with Gasteiger partial charge in [0.1, 0.15) is 0 Å². The van der Waals surface area contributed by atoms with E-state index in [0.717, 1.165) is 24.5 Å². The summed E-state index contributed by atoms with van der Waals surface area (Å²) in [6, 6.07) is 1.60. The summed E-state index contributed by atoms with van der Waals surface area (Å²) in [5.74, 6) is 0.753. The van der Waals surface area contributed by atoms with Gasteiger partial charge in [0.2, 0.25) is 0 Å². The zero-order valence-corrected chi connectivity index (χ0v) is 10.5. The van der Waals surface area contributed by atoms with Gasteiger partial charge in [0, 0.05) is 18.6 Å². The lowest BCUT2D eigenvalue weighted by atomic mass is 9.91. The van der Waals surface area contributed by atoms with Crippen LogP contribution >= 0.6 is 0 Å². The van der Waals surface area contributed by atoms with Gasteiger partial charge in [0.15, 0.2) is 0 Å². The average Bonchev–Trinajstić information content (AvgIpc) is 2.69. The molecule has 0 amide bonds. The number of likely N-dealkylation sites (tertiary alicyclic amines) is 1. The van der Waals surface area contributed by atoms with Gasteiger partial charge in [-0.15, -0.1) is 0 Å². The minimum absolute atomic E-state index is 0.575. The molecule has 1 heterocycles. The van der Waals surface area contributed by atoms with Crippen molar-refractivity contribution in [2.45, 2.75) is 58.5 Å². The summed E-state index contributed by atoms with van der Waals surface area (Å²) in [4.78, 5) is 2.73. The highest BCUT2D eigenvalue weighted by molar-refractivity contribution is 4.94. The highest BCUT2D eigenvalue weighted by Crippen LogP contribution is 2.41. The van der Waals surface area contributed by atoms with E-state index in [1.54, 1.807) is 0 Å². The summed E-state index contributed by atoms with van der Waals surface area (Å²) in [6.45, 7) is 9.32. The monoisotopic (exact) mass is 210 g/mol. The number of rotatable bonds is 2. The third-order valence-corrected chi connectivity index (χ3v) is 4.45. The summed E-state index contributed by atoms with van der Waals surface area (Å²) < 4.78 is 0. The molecule has 15 heavy (non-hydrogen) atoms. The maximum Gasteiger partial charge on any atom is 0.0103 e. The molecule has 1 saturated heterocycles. The summed E-state index contributed by atoms with van der Waals surface area (Å²) in [7, 11) is 0. The van der Waals surface area contributed by atoms with Crippen LogP contribution < -0.4 is 5.73 Å².